The Kier molecular flexibility index (Phi) is 7.11. The molecule has 1 aromatic heterocycles. The number of anilines is 6. The molecule has 4 aromatic rings. The Labute approximate surface area is 204 Å². The van der Waals surface area contributed by atoms with E-state index in [9.17, 15) is 4.79 Å². The lowest BCUT2D eigenvalue weighted by molar-refractivity contribution is 0.262. The quantitative estimate of drug-likeness (QED) is 0.246. The van der Waals surface area contributed by atoms with Gasteiger partial charge in [-0.05, 0) is 92.6 Å². The number of methoxy groups -OCH3 is 1. The van der Waals surface area contributed by atoms with Gasteiger partial charge in [0.1, 0.15) is 11.6 Å². The number of nitrogens with zero attached hydrogens (tertiary/aromatic N) is 2. The molecule has 0 aliphatic rings. The standard InChI is InChI=1S/C27H28N6O2/c1-17-13-18(2)15-23(14-17)32-27(34)31-22-7-5-21(6-8-22)30-26-28-19(3)16-25(33-26)29-20-9-11-24(35-4)12-10-20/h5-16H,1-4H3,(H2,31,32,34)(H2,28,29,30,33). The second-order valence-corrected chi connectivity index (χ2v) is 8.23. The smallest absolute Gasteiger partial charge is 0.323 e. The molecule has 3 aromatic carbocycles. The number of carbonyl (C=O) groups is 1. The van der Waals surface area contributed by atoms with Crippen LogP contribution in [0.25, 0.3) is 0 Å². The van der Waals surface area contributed by atoms with Crippen molar-refractivity contribution in [1.82, 2.24) is 9.97 Å². The van der Waals surface area contributed by atoms with E-state index in [1.807, 2.05) is 87.5 Å². The van der Waals surface area contributed by atoms with Crippen molar-refractivity contribution in [3.8, 4) is 5.75 Å². The summed E-state index contributed by atoms with van der Waals surface area (Å²) in [7, 11) is 1.64. The highest BCUT2D eigenvalue weighted by Gasteiger charge is 2.07. The molecular weight excluding hydrogens is 440 g/mol. The summed E-state index contributed by atoms with van der Waals surface area (Å²) >= 11 is 0. The molecule has 0 aliphatic heterocycles. The topological polar surface area (TPSA) is 100 Å². The fourth-order valence-corrected chi connectivity index (χ4v) is 3.62. The number of amides is 2. The summed E-state index contributed by atoms with van der Waals surface area (Å²) in [5.74, 6) is 1.93. The van der Waals surface area contributed by atoms with Gasteiger partial charge >= 0.3 is 6.03 Å². The fourth-order valence-electron chi connectivity index (χ4n) is 3.62. The first-order valence-electron chi connectivity index (χ1n) is 11.2. The molecule has 0 spiro atoms. The van der Waals surface area contributed by atoms with Gasteiger partial charge in [0, 0.05) is 34.5 Å². The lowest BCUT2D eigenvalue weighted by Crippen LogP contribution is -2.19. The third-order valence-electron chi connectivity index (χ3n) is 5.10. The molecule has 4 N–H and O–H groups in total. The van der Waals surface area contributed by atoms with Crippen LogP contribution in [0.3, 0.4) is 0 Å². The summed E-state index contributed by atoms with van der Waals surface area (Å²) < 4.78 is 5.20. The van der Waals surface area contributed by atoms with Crippen molar-refractivity contribution in [3.63, 3.8) is 0 Å². The Hall–Kier alpha value is -4.59. The minimum absolute atomic E-state index is 0.299. The highest BCUT2D eigenvalue weighted by molar-refractivity contribution is 5.99. The van der Waals surface area contributed by atoms with Crippen molar-refractivity contribution in [2.75, 3.05) is 28.4 Å². The monoisotopic (exact) mass is 468 g/mol. The second kappa shape index (κ2) is 10.6. The zero-order valence-electron chi connectivity index (χ0n) is 20.1. The van der Waals surface area contributed by atoms with E-state index in [1.165, 1.54) is 0 Å². The third kappa shape index (κ3) is 6.70. The molecular formula is C27H28N6O2. The van der Waals surface area contributed by atoms with E-state index in [-0.39, 0.29) is 6.03 Å². The maximum Gasteiger partial charge on any atom is 0.323 e. The molecule has 8 heteroatoms. The number of aryl methyl sites for hydroxylation is 3. The van der Waals surface area contributed by atoms with Gasteiger partial charge in [-0.15, -0.1) is 0 Å². The Morgan fingerprint density at radius 3 is 1.91 bits per heavy atom. The van der Waals surface area contributed by atoms with Crippen molar-refractivity contribution >= 4 is 40.5 Å². The number of carbonyl (C=O) groups excluding carboxylic acids is 1. The number of hydrogen-bond acceptors (Lipinski definition) is 6. The number of ether oxygens (including phenoxy) is 1. The van der Waals surface area contributed by atoms with Gasteiger partial charge in [0.25, 0.3) is 0 Å². The summed E-state index contributed by atoms with van der Waals surface area (Å²) in [5.41, 5.74) is 6.13. The van der Waals surface area contributed by atoms with Crippen LogP contribution < -0.4 is 26.0 Å². The highest BCUT2D eigenvalue weighted by Crippen LogP contribution is 2.22. The van der Waals surface area contributed by atoms with Gasteiger partial charge < -0.3 is 26.0 Å². The summed E-state index contributed by atoms with van der Waals surface area (Å²) in [6, 6.07) is 22.4. The van der Waals surface area contributed by atoms with E-state index in [0.29, 0.717) is 17.5 Å². The predicted octanol–water partition coefficient (Wildman–Crippen LogP) is 6.54. The van der Waals surface area contributed by atoms with Gasteiger partial charge in [0.05, 0.1) is 7.11 Å². The van der Waals surface area contributed by atoms with Gasteiger partial charge in [-0.2, -0.15) is 4.98 Å². The maximum atomic E-state index is 12.4. The van der Waals surface area contributed by atoms with Crippen LogP contribution in [0.4, 0.5) is 39.3 Å². The van der Waals surface area contributed by atoms with E-state index >= 15 is 0 Å². The minimum Gasteiger partial charge on any atom is -0.497 e. The van der Waals surface area contributed by atoms with Gasteiger partial charge in [0.2, 0.25) is 5.95 Å². The molecule has 0 fully saturated rings. The van der Waals surface area contributed by atoms with E-state index in [2.05, 4.69) is 37.3 Å². The van der Waals surface area contributed by atoms with Crippen molar-refractivity contribution in [3.05, 3.63) is 89.6 Å². The van der Waals surface area contributed by atoms with E-state index in [0.717, 1.165) is 39.6 Å². The molecule has 0 atom stereocenters. The molecule has 1 heterocycles. The van der Waals surface area contributed by atoms with Gasteiger partial charge in [-0.3, -0.25) is 0 Å². The van der Waals surface area contributed by atoms with Crippen LogP contribution in [0.15, 0.2) is 72.8 Å². The SMILES string of the molecule is COc1ccc(Nc2cc(C)nc(Nc3ccc(NC(=O)Nc4cc(C)cc(C)c4)cc3)n2)cc1. The number of urea groups is 1. The van der Waals surface area contributed by atoms with Crippen LogP contribution in [-0.4, -0.2) is 23.1 Å². The normalized spacial score (nSPS) is 10.4. The van der Waals surface area contributed by atoms with Crippen LogP contribution in [-0.2, 0) is 0 Å². The third-order valence-corrected chi connectivity index (χ3v) is 5.10. The summed E-state index contributed by atoms with van der Waals surface area (Å²) in [4.78, 5) is 21.4. The number of aromatic nitrogens is 2. The largest absolute Gasteiger partial charge is 0.497 e. The first-order valence-corrected chi connectivity index (χ1v) is 11.2. The first-order chi connectivity index (χ1) is 16.9. The molecule has 0 aliphatic carbocycles. The van der Waals surface area contributed by atoms with Gasteiger partial charge in [-0.25, -0.2) is 9.78 Å². The van der Waals surface area contributed by atoms with Crippen LogP contribution in [0, 0.1) is 20.8 Å². The Bertz CT molecular complexity index is 1300. The number of benzene rings is 3. The molecule has 4 rings (SSSR count). The molecule has 8 nitrogen and oxygen atoms in total. The van der Waals surface area contributed by atoms with Crippen LogP contribution in [0.5, 0.6) is 5.75 Å². The number of nitrogens with one attached hydrogen (secondary N) is 4. The minimum atomic E-state index is -0.299. The van der Waals surface area contributed by atoms with Crippen LogP contribution in [0.1, 0.15) is 16.8 Å². The molecule has 0 saturated heterocycles. The number of rotatable bonds is 7. The average Bonchev–Trinajstić information content (AvgIpc) is 2.80. The predicted molar refractivity (Wildman–Crippen MR) is 141 cm³/mol. The molecule has 0 bridgehead atoms. The Balaban J connectivity index is 1.38. The van der Waals surface area contributed by atoms with Crippen molar-refractivity contribution in [1.29, 1.82) is 0 Å². The highest BCUT2D eigenvalue weighted by atomic mass is 16.5. The van der Waals surface area contributed by atoms with Crippen molar-refractivity contribution < 1.29 is 9.53 Å². The zero-order chi connectivity index (χ0) is 24.8. The summed E-state index contributed by atoms with van der Waals surface area (Å²) in [6.07, 6.45) is 0. The molecule has 0 radical (unpaired) electrons. The second-order valence-electron chi connectivity index (χ2n) is 8.23. The van der Waals surface area contributed by atoms with Gasteiger partial charge in [0.15, 0.2) is 0 Å². The van der Waals surface area contributed by atoms with Crippen LogP contribution >= 0.6 is 0 Å². The zero-order valence-corrected chi connectivity index (χ0v) is 20.1. The van der Waals surface area contributed by atoms with Crippen molar-refractivity contribution in [2.45, 2.75) is 20.8 Å². The Morgan fingerprint density at radius 1 is 0.686 bits per heavy atom. The molecule has 35 heavy (non-hydrogen) atoms. The fraction of sp³-hybridized carbons (Fsp3) is 0.148. The summed E-state index contributed by atoms with van der Waals surface area (Å²) in [5, 5.41) is 12.2. The lowest BCUT2D eigenvalue weighted by atomic mass is 10.1. The van der Waals surface area contributed by atoms with Gasteiger partial charge in [-0.1, -0.05) is 6.07 Å². The molecule has 178 valence electrons. The lowest BCUT2D eigenvalue weighted by Gasteiger charge is -2.12. The van der Waals surface area contributed by atoms with Crippen LogP contribution in [0.2, 0.25) is 0 Å². The van der Waals surface area contributed by atoms with E-state index < -0.39 is 0 Å². The molecule has 2 amide bonds. The first kappa shape index (κ1) is 23.6. The van der Waals surface area contributed by atoms with E-state index in [4.69, 9.17) is 4.74 Å². The maximum absolute atomic E-state index is 12.4. The number of hydrogen-bond donors (Lipinski definition) is 4. The summed E-state index contributed by atoms with van der Waals surface area (Å²) in [6.45, 7) is 5.91. The Morgan fingerprint density at radius 2 is 1.26 bits per heavy atom. The van der Waals surface area contributed by atoms with E-state index in [1.54, 1.807) is 7.11 Å². The van der Waals surface area contributed by atoms with Crippen molar-refractivity contribution in [2.24, 2.45) is 0 Å². The molecule has 0 unspecified atom stereocenters. The average molecular weight is 469 g/mol. The molecule has 0 saturated carbocycles.